The van der Waals surface area contributed by atoms with E-state index in [1.165, 1.54) is 18.1 Å². The van der Waals surface area contributed by atoms with Crippen LogP contribution in [0.3, 0.4) is 0 Å². The van der Waals surface area contributed by atoms with E-state index >= 15 is 0 Å². The van der Waals surface area contributed by atoms with Gasteiger partial charge in [-0.2, -0.15) is 0 Å². The molecule has 0 spiro atoms. The van der Waals surface area contributed by atoms with Gasteiger partial charge in [-0.15, -0.1) is 0 Å². The third-order valence-electron chi connectivity index (χ3n) is 2.25. The fourth-order valence-electron chi connectivity index (χ4n) is 1.36. The van der Waals surface area contributed by atoms with Crippen molar-refractivity contribution >= 4 is 34.2 Å². The molecule has 2 nitrogen and oxygen atoms in total. The zero-order valence-corrected chi connectivity index (χ0v) is 10.0. The maximum atomic E-state index is 10.7. The predicted molar refractivity (Wildman–Crippen MR) is 67.9 cm³/mol. The zero-order valence-electron chi connectivity index (χ0n) is 8.40. The molecule has 1 heterocycles. The van der Waals surface area contributed by atoms with Crippen LogP contribution in [0, 0.1) is 0 Å². The van der Waals surface area contributed by atoms with Crippen LogP contribution >= 0.6 is 24.0 Å². The highest BCUT2D eigenvalue weighted by Crippen LogP contribution is 2.32. The molecule has 0 atom stereocenters. The third kappa shape index (κ3) is 2.58. The van der Waals surface area contributed by atoms with Crippen molar-refractivity contribution in [2.45, 2.75) is 6.92 Å². The summed E-state index contributed by atoms with van der Waals surface area (Å²) in [5, 5.41) is 0. The van der Waals surface area contributed by atoms with Gasteiger partial charge in [0.2, 0.25) is 5.91 Å². The molecule has 0 unspecified atom stereocenters. The first-order valence-corrected chi connectivity index (χ1v) is 6.13. The number of carbonyl (C=O) groups excluding carboxylic acids is 1. The first-order chi connectivity index (χ1) is 7.18. The summed E-state index contributed by atoms with van der Waals surface area (Å²) in [4.78, 5) is 12.3. The van der Waals surface area contributed by atoms with E-state index in [2.05, 4.69) is 24.3 Å². The van der Waals surface area contributed by atoms with Crippen LogP contribution in [0.1, 0.15) is 6.92 Å². The van der Waals surface area contributed by atoms with Crippen molar-refractivity contribution in [3.63, 3.8) is 0 Å². The smallest absolute Gasteiger partial charge is 0.224 e. The molecule has 3 rings (SSSR count). The number of amides is 1. The number of hydrogen-bond acceptors (Lipinski definition) is 3. The molecule has 1 fully saturated rings. The molecule has 0 aromatic carbocycles. The molecular weight excluding hydrogens is 226 g/mol. The van der Waals surface area contributed by atoms with Crippen molar-refractivity contribution in [3.05, 3.63) is 24.3 Å². The molecule has 1 aliphatic heterocycles. The molecule has 0 aromatic heterocycles. The Kier molecular flexibility index (Phi) is 3.07. The lowest BCUT2D eigenvalue weighted by Crippen LogP contribution is -2.27. The van der Waals surface area contributed by atoms with Crippen LogP contribution in [0.2, 0.25) is 0 Å². The number of carbonyl (C=O) groups is 1. The molecule has 0 radical (unpaired) electrons. The van der Waals surface area contributed by atoms with Crippen molar-refractivity contribution in [3.8, 4) is 11.1 Å². The molecule has 1 saturated heterocycles. The molecular formula is C11H11NOS2. The van der Waals surface area contributed by atoms with Gasteiger partial charge < -0.3 is 0 Å². The first kappa shape index (κ1) is 10.6. The van der Waals surface area contributed by atoms with Crippen LogP contribution < -0.4 is 0 Å². The van der Waals surface area contributed by atoms with E-state index in [4.69, 9.17) is 12.2 Å². The van der Waals surface area contributed by atoms with Crippen molar-refractivity contribution in [1.82, 2.24) is 4.90 Å². The highest BCUT2D eigenvalue weighted by atomic mass is 32.2. The summed E-state index contributed by atoms with van der Waals surface area (Å²) < 4.78 is 0.725. The van der Waals surface area contributed by atoms with Crippen molar-refractivity contribution in [2.75, 3.05) is 12.3 Å². The van der Waals surface area contributed by atoms with Gasteiger partial charge in [-0.05, 0) is 17.2 Å². The summed E-state index contributed by atoms with van der Waals surface area (Å²) in [6.07, 6.45) is 0. The fourth-order valence-corrected chi connectivity index (χ4v) is 2.65. The van der Waals surface area contributed by atoms with Gasteiger partial charge in [0.25, 0.3) is 0 Å². The topological polar surface area (TPSA) is 20.3 Å². The molecule has 0 bridgehead atoms. The Labute approximate surface area is 98.7 Å². The number of fused-ring (bicyclic) bond motifs is 1. The van der Waals surface area contributed by atoms with E-state index < -0.39 is 0 Å². The second-order valence-electron chi connectivity index (χ2n) is 3.37. The van der Waals surface area contributed by atoms with E-state index in [0.717, 1.165) is 16.6 Å². The summed E-state index contributed by atoms with van der Waals surface area (Å²) in [7, 11) is 0. The third-order valence-corrected chi connectivity index (χ3v) is 3.68. The SMILES string of the molecule is CC(=O)N1CCSC1=S.c1cc2cc-2c1. The predicted octanol–water partition coefficient (Wildman–Crippen LogP) is 2.53. The molecule has 2 aliphatic carbocycles. The Hall–Kier alpha value is -0.870. The maximum absolute atomic E-state index is 10.7. The lowest BCUT2D eigenvalue weighted by molar-refractivity contribution is -0.124. The van der Waals surface area contributed by atoms with E-state index in [0.29, 0.717) is 0 Å². The highest BCUT2D eigenvalue weighted by Gasteiger charge is 2.20. The normalized spacial score (nSPS) is 15.8. The van der Waals surface area contributed by atoms with Gasteiger partial charge in [0.1, 0.15) is 4.32 Å². The van der Waals surface area contributed by atoms with Gasteiger partial charge in [-0.25, -0.2) is 0 Å². The van der Waals surface area contributed by atoms with Crippen LogP contribution in [0.4, 0.5) is 0 Å². The summed E-state index contributed by atoms with van der Waals surface area (Å²) in [6.45, 7) is 2.33. The molecule has 0 saturated carbocycles. The highest BCUT2D eigenvalue weighted by molar-refractivity contribution is 8.23. The van der Waals surface area contributed by atoms with Crippen molar-refractivity contribution in [2.24, 2.45) is 0 Å². The quantitative estimate of drug-likeness (QED) is 0.657. The number of rotatable bonds is 0. The maximum Gasteiger partial charge on any atom is 0.224 e. The fraction of sp³-hybridized carbons (Fsp3) is 0.273. The number of thioether (sulfide) groups is 1. The largest absolute Gasteiger partial charge is 0.297 e. The standard InChI is InChI=1S/C6H4.C5H7NOS2/c1-2-5-4-6(5)3-1;1-4(7)6-2-3-9-5(6)8/h1-4H;2-3H2,1H3. The second-order valence-corrected chi connectivity index (χ2v) is 5.09. The minimum atomic E-state index is 0.0602. The number of hydrogen-bond donors (Lipinski definition) is 0. The van der Waals surface area contributed by atoms with E-state index in [9.17, 15) is 4.79 Å². The number of benzene rings is 1. The van der Waals surface area contributed by atoms with Crippen LogP contribution in [-0.2, 0) is 4.79 Å². The minimum absolute atomic E-state index is 0.0602. The van der Waals surface area contributed by atoms with E-state index in [-0.39, 0.29) is 5.91 Å². The van der Waals surface area contributed by atoms with Crippen molar-refractivity contribution < 1.29 is 4.79 Å². The molecule has 3 aliphatic rings. The van der Waals surface area contributed by atoms with Gasteiger partial charge in [-0.3, -0.25) is 9.69 Å². The van der Waals surface area contributed by atoms with Gasteiger partial charge in [-0.1, -0.05) is 42.2 Å². The summed E-state index contributed by atoms with van der Waals surface area (Å²) in [6, 6.07) is 8.48. The van der Waals surface area contributed by atoms with Gasteiger partial charge >= 0.3 is 0 Å². The summed E-state index contributed by atoms with van der Waals surface area (Å²) in [5.74, 6) is 1.02. The Balaban J connectivity index is 0.000000121. The summed E-state index contributed by atoms with van der Waals surface area (Å²) in [5.41, 5.74) is 2.85. The van der Waals surface area contributed by atoms with Gasteiger partial charge in [0, 0.05) is 19.2 Å². The Morgan fingerprint density at radius 3 is 2.33 bits per heavy atom. The molecule has 78 valence electrons. The Bertz CT molecular complexity index is 400. The van der Waals surface area contributed by atoms with Crippen LogP contribution in [0.25, 0.3) is 11.1 Å². The van der Waals surface area contributed by atoms with Crippen LogP contribution in [0.15, 0.2) is 24.3 Å². The molecule has 1 amide bonds. The lowest BCUT2D eigenvalue weighted by atomic mass is 10.6. The van der Waals surface area contributed by atoms with Gasteiger partial charge in [0.15, 0.2) is 0 Å². The molecule has 15 heavy (non-hydrogen) atoms. The average Bonchev–Trinajstić information content (AvgIpc) is 2.65. The van der Waals surface area contributed by atoms with Crippen LogP contribution in [0.5, 0.6) is 0 Å². The van der Waals surface area contributed by atoms with Gasteiger partial charge in [0.05, 0.1) is 0 Å². The molecule has 0 aromatic rings. The Morgan fingerprint density at radius 1 is 1.47 bits per heavy atom. The zero-order chi connectivity index (χ0) is 10.8. The summed E-state index contributed by atoms with van der Waals surface area (Å²) >= 11 is 6.45. The number of thiocarbonyl (C=S) groups is 1. The lowest BCUT2D eigenvalue weighted by Gasteiger charge is -2.09. The Morgan fingerprint density at radius 2 is 2.13 bits per heavy atom. The van der Waals surface area contributed by atoms with E-state index in [1.807, 2.05) is 0 Å². The monoisotopic (exact) mass is 237 g/mol. The molecule has 0 N–H and O–H groups in total. The minimum Gasteiger partial charge on any atom is -0.297 e. The van der Waals surface area contributed by atoms with E-state index in [1.54, 1.807) is 16.7 Å². The second kappa shape index (κ2) is 4.33. The van der Waals surface area contributed by atoms with Crippen LogP contribution in [-0.4, -0.2) is 27.4 Å². The van der Waals surface area contributed by atoms with Crippen molar-refractivity contribution in [1.29, 1.82) is 0 Å². The average molecular weight is 237 g/mol. The number of nitrogens with zero attached hydrogens (tertiary/aromatic N) is 1. The molecule has 4 heteroatoms. The first-order valence-electron chi connectivity index (χ1n) is 4.74.